The summed E-state index contributed by atoms with van der Waals surface area (Å²) in [5.41, 5.74) is 0. The molecule has 0 saturated carbocycles. The molecule has 0 radical (unpaired) electrons. The topological polar surface area (TPSA) is 135 Å². The number of ether oxygens (including phenoxy) is 4. The summed E-state index contributed by atoms with van der Waals surface area (Å²) in [4.78, 5) is 12.8. The molecule has 0 spiro atoms. The lowest BCUT2D eigenvalue weighted by Crippen LogP contribution is -2.59. The largest absolute Gasteiger partial charge is 0.457 e. The summed E-state index contributed by atoms with van der Waals surface area (Å²) in [7, 11) is 0. The fourth-order valence-corrected chi connectivity index (χ4v) is 8.84. The fourth-order valence-electron chi connectivity index (χ4n) is 8.84. The molecule has 1 heterocycles. The van der Waals surface area contributed by atoms with E-state index in [-0.39, 0.29) is 19.2 Å². The Morgan fingerprint density at radius 3 is 1.27 bits per heavy atom. The number of hydrogen-bond acceptors (Lipinski definition) is 9. The third-order valence-electron chi connectivity index (χ3n) is 13.2. The predicted octanol–water partition coefficient (Wildman–Crippen LogP) is 13.9. The maximum Gasteiger partial charge on any atom is 0.306 e. The Morgan fingerprint density at radius 1 is 0.484 bits per heavy atom. The molecule has 0 aromatic rings. The van der Waals surface area contributed by atoms with Crippen molar-refractivity contribution in [1.29, 1.82) is 0 Å². The Hall–Kier alpha value is -1.07. The third-order valence-corrected chi connectivity index (χ3v) is 13.2. The van der Waals surface area contributed by atoms with Gasteiger partial charge < -0.3 is 39.4 Å². The first-order valence-electron chi connectivity index (χ1n) is 27.8. The van der Waals surface area contributed by atoms with E-state index in [1.165, 1.54) is 205 Å². The predicted molar refractivity (Wildman–Crippen MR) is 266 cm³/mol. The van der Waals surface area contributed by atoms with E-state index >= 15 is 0 Å². The Kier molecular flexibility index (Phi) is 44.8. The first-order valence-corrected chi connectivity index (χ1v) is 27.8. The molecule has 1 aliphatic heterocycles. The maximum atomic E-state index is 12.8. The molecule has 0 bridgehead atoms. The molecule has 0 aliphatic carbocycles. The molecule has 1 rings (SSSR count). The van der Waals surface area contributed by atoms with Crippen LogP contribution in [0.1, 0.15) is 271 Å². The number of esters is 1. The number of unbranched alkanes of at least 4 members (excludes halogenated alkanes) is 36. The van der Waals surface area contributed by atoms with Crippen molar-refractivity contribution in [3.63, 3.8) is 0 Å². The Morgan fingerprint density at radius 2 is 0.859 bits per heavy atom. The van der Waals surface area contributed by atoms with E-state index in [4.69, 9.17) is 18.9 Å². The van der Waals surface area contributed by atoms with Gasteiger partial charge in [-0.1, -0.05) is 238 Å². The number of aliphatic hydroxyl groups excluding tert-OH is 4. The van der Waals surface area contributed by atoms with Gasteiger partial charge in [0.1, 0.15) is 30.5 Å². The quantitative estimate of drug-likeness (QED) is 0.0267. The van der Waals surface area contributed by atoms with E-state index in [0.29, 0.717) is 13.0 Å². The van der Waals surface area contributed by atoms with Crippen LogP contribution in [0.15, 0.2) is 12.2 Å². The summed E-state index contributed by atoms with van der Waals surface area (Å²) in [6.45, 7) is 4.60. The zero-order valence-corrected chi connectivity index (χ0v) is 42.1. The van der Waals surface area contributed by atoms with Gasteiger partial charge in [-0.25, -0.2) is 0 Å². The van der Waals surface area contributed by atoms with Crippen molar-refractivity contribution in [3.8, 4) is 0 Å². The number of carbonyl (C=O) groups is 1. The molecule has 1 fully saturated rings. The molecule has 0 aromatic heterocycles. The lowest BCUT2D eigenvalue weighted by Gasteiger charge is -2.39. The van der Waals surface area contributed by atoms with Crippen LogP contribution in [-0.2, 0) is 23.7 Å². The van der Waals surface area contributed by atoms with Crippen LogP contribution >= 0.6 is 0 Å². The Balaban J connectivity index is 2.12. The van der Waals surface area contributed by atoms with Crippen LogP contribution in [-0.4, -0.2) is 89.6 Å². The second-order valence-electron chi connectivity index (χ2n) is 19.4. The zero-order valence-electron chi connectivity index (χ0n) is 42.1. The molecule has 1 saturated heterocycles. The minimum absolute atomic E-state index is 0.111. The van der Waals surface area contributed by atoms with Crippen LogP contribution in [0.4, 0.5) is 0 Å². The number of aliphatic hydroxyl groups is 4. The summed E-state index contributed by atoms with van der Waals surface area (Å²) < 4.78 is 22.9. The average molecular weight is 911 g/mol. The first kappa shape index (κ1) is 60.9. The van der Waals surface area contributed by atoms with Crippen molar-refractivity contribution >= 4 is 5.97 Å². The standard InChI is InChI=1S/C55H106O9/c1-3-5-7-9-11-13-15-17-19-20-21-22-23-24-25-26-27-28-29-31-33-35-37-39-41-43-45-61-47-49(48-62-55-54(60)53(59)52(58)50(46-56)64-55)63-51(57)44-42-40-38-36-34-32-30-18-16-14-12-10-8-6-4-2/h18,30,49-50,52-56,58-60H,3-17,19-29,31-48H2,1-2H3/b30-18-. The third kappa shape index (κ3) is 37.0. The van der Waals surface area contributed by atoms with Gasteiger partial charge in [-0.2, -0.15) is 0 Å². The zero-order chi connectivity index (χ0) is 46.4. The lowest BCUT2D eigenvalue weighted by molar-refractivity contribution is -0.305. The van der Waals surface area contributed by atoms with Gasteiger partial charge in [0.2, 0.25) is 0 Å². The van der Waals surface area contributed by atoms with E-state index in [2.05, 4.69) is 26.0 Å². The molecular weight excluding hydrogens is 805 g/mol. The normalized spacial score (nSPS) is 19.5. The maximum absolute atomic E-state index is 12.8. The number of allylic oxidation sites excluding steroid dienone is 2. The highest BCUT2D eigenvalue weighted by Crippen LogP contribution is 2.23. The fraction of sp³-hybridized carbons (Fsp3) is 0.945. The molecule has 0 amide bonds. The van der Waals surface area contributed by atoms with Gasteiger partial charge in [0.05, 0.1) is 19.8 Å². The number of hydrogen-bond donors (Lipinski definition) is 4. The molecule has 6 unspecified atom stereocenters. The van der Waals surface area contributed by atoms with Crippen LogP contribution in [0, 0.1) is 0 Å². The van der Waals surface area contributed by atoms with Crippen molar-refractivity contribution < 1.29 is 44.2 Å². The van der Waals surface area contributed by atoms with E-state index in [1.807, 2.05) is 0 Å². The summed E-state index contributed by atoms with van der Waals surface area (Å²) in [5, 5.41) is 40.3. The van der Waals surface area contributed by atoms with Crippen molar-refractivity contribution in [2.75, 3.05) is 26.4 Å². The van der Waals surface area contributed by atoms with Gasteiger partial charge in [0, 0.05) is 13.0 Å². The van der Waals surface area contributed by atoms with E-state index in [1.54, 1.807) is 0 Å². The van der Waals surface area contributed by atoms with Gasteiger partial charge in [-0.15, -0.1) is 0 Å². The molecule has 0 aromatic carbocycles. The van der Waals surface area contributed by atoms with Crippen LogP contribution in [0.2, 0.25) is 0 Å². The Bertz CT molecular complexity index is 993. The second-order valence-corrected chi connectivity index (χ2v) is 19.4. The molecule has 1 aliphatic rings. The van der Waals surface area contributed by atoms with Crippen LogP contribution in [0.25, 0.3) is 0 Å². The van der Waals surface area contributed by atoms with E-state index < -0.39 is 43.4 Å². The minimum atomic E-state index is -1.53. The number of rotatable bonds is 49. The first-order chi connectivity index (χ1) is 31.4. The van der Waals surface area contributed by atoms with Gasteiger partial charge in [-0.3, -0.25) is 4.79 Å². The highest BCUT2D eigenvalue weighted by Gasteiger charge is 2.44. The molecule has 380 valence electrons. The van der Waals surface area contributed by atoms with E-state index in [0.717, 1.165) is 44.9 Å². The summed E-state index contributed by atoms with van der Waals surface area (Å²) in [6.07, 6.45) is 48.4. The summed E-state index contributed by atoms with van der Waals surface area (Å²) in [6, 6.07) is 0. The number of carbonyl (C=O) groups excluding carboxylic acids is 1. The average Bonchev–Trinajstić information content (AvgIpc) is 3.30. The van der Waals surface area contributed by atoms with Gasteiger partial charge in [0.25, 0.3) is 0 Å². The highest BCUT2D eigenvalue weighted by atomic mass is 16.7. The van der Waals surface area contributed by atoms with Crippen molar-refractivity contribution in [1.82, 2.24) is 0 Å². The smallest absolute Gasteiger partial charge is 0.306 e. The molecule has 9 heteroatoms. The van der Waals surface area contributed by atoms with Crippen LogP contribution in [0.5, 0.6) is 0 Å². The molecule has 9 nitrogen and oxygen atoms in total. The molecule has 6 atom stereocenters. The molecular formula is C55H106O9. The second kappa shape index (κ2) is 47.0. The van der Waals surface area contributed by atoms with Gasteiger partial charge in [-0.05, 0) is 38.5 Å². The SMILES string of the molecule is CCCCCCCC/C=C\CCCCCCCC(=O)OC(COCCCCCCCCCCCCCCCCCCCCCCCCCCCC)COC1OC(CO)C(O)C(O)C1O. The minimum Gasteiger partial charge on any atom is -0.457 e. The highest BCUT2D eigenvalue weighted by molar-refractivity contribution is 5.69. The lowest BCUT2D eigenvalue weighted by atomic mass is 9.99. The molecule has 4 N–H and O–H groups in total. The van der Waals surface area contributed by atoms with Crippen LogP contribution in [0.3, 0.4) is 0 Å². The summed E-state index contributed by atoms with van der Waals surface area (Å²) >= 11 is 0. The summed E-state index contributed by atoms with van der Waals surface area (Å²) in [5.74, 6) is -0.316. The monoisotopic (exact) mass is 911 g/mol. The van der Waals surface area contributed by atoms with Crippen molar-refractivity contribution in [3.05, 3.63) is 12.2 Å². The van der Waals surface area contributed by atoms with Gasteiger partial charge >= 0.3 is 5.97 Å². The van der Waals surface area contributed by atoms with Crippen molar-refractivity contribution in [2.24, 2.45) is 0 Å². The van der Waals surface area contributed by atoms with Gasteiger partial charge in [0.15, 0.2) is 6.29 Å². The Labute approximate surface area is 395 Å². The van der Waals surface area contributed by atoms with Crippen LogP contribution < -0.4 is 0 Å². The van der Waals surface area contributed by atoms with E-state index in [9.17, 15) is 25.2 Å². The molecule has 64 heavy (non-hydrogen) atoms. The van der Waals surface area contributed by atoms with Crippen molar-refractivity contribution in [2.45, 2.75) is 307 Å².